The Hall–Kier alpha value is -2.83. The molecule has 29 heavy (non-hydrogen) atoms. The summed E-state index contributed by atoms with van der Waals surface area (Å²) in [6, 6.07) is 15.7. The van der Waals surface area contributed by atoms with Crippen molar-refractivity contribution in [2.24, 2.45) is 5.73 Å². The number of H-pyrrole nitrogens is 1. The van der Waals surface area contributed by atoms with Crippen molar-refractivity contribution in [3.8, 4) is 5.75 Å². The molecule has 1 aromatic heterocycles. The molecule has 1 spiro atoms. The van der Waals surface area contributed by atoms with Crippen LogP contribution in [0.2, 0.25) is 0 Å². The molecule has 5 rings (SSSR count). The van der Waals surface area contributed by atoms with Gasteiger partial charge in [-0.2, -0.15) is 0 Å². The van der Waals surface area contributed by atoms with Gasteiger partial charge in [-0.25, -0.2) is 0 Å². The molecule has 4 N–H and O–H groups in total. The van der Waals surface area contributed by atoms with Crippen LogP contribution in [0.15, 0.2) is 48.5 Å². The van der Waals surface area contributed by atoms with Gasteiger partial charge in [-0.15, -0.1) is 0 Å². The summed E-state index contributed by atoms with van der Waals surface area (Å²) in [5.41, 5.74) is 9.67. The number of fused-ring (bicyclic) bond motifs is 4. The monoisotopic (exact) mass is 390 g/mol. The van der Waals surface area contributed by atoms with Crippen LogP contribution in [0.4, 0.5) is 0 Å². The molecule has 1 saturated heterocycles. The summed E-state index contributed by atoms with van der Waals surface area (Å²) in [6.07, 6.45) is 2.01. The van der Waals surface area contributed by atoms with Crippen molar-refractivity contribution < 1.29 is 9.53 Å². The molecule has 0 bridgehead atoms. The first-order valence-corrected chi connectivity index (χ1v) is 10.2. The predicted molar refractivity (Wildman–Crippen MR) is 113 cm³/mol. The predicted octanol–water partition coefficient (Wildman–Crippen LogP) is 2.39. The van der Waals surface area contributed by atoms with Gasteiger partial charge in [-0.3, -0.25) is 9.69 Å². The van der Waals surface area contributed by atoms with Crippen molar-refractivity contribution in [1.82, 2.24) is 15.2 Å². The number of nitrogens with two attached hydrogens (primary N) is 1. The van der Waals surface area contributed by atoms with Crippen LogP contribution in [-0.2, 0) is 12.0 Å². The number of ether oxygens (including phenoxy) is 1. The number of likely N-dealkylation sites (tertiary alicyclic amines) is 1. The van der Waals surface area contributed by atoms with Gasteiger partial charge in [0.25, 0.3) is 0 Å². The number of benzene rings is 2. The van der Waals surface area contributed by atoms with E-state index >= 15 is 0 Å². The quantitative estimate of drug-likeness (QED) is 0.625. The molecule has 1 amide bonds. The molecule has 2 aromatic carbocycles. The molecule has 6 heteroatoms. The first-order chi connectivity index (χ1) is 14.1. The maximum atomic E-state index is 11.6. The summed E-state index contributed by atoms with van der Waals surface area (Å²) in [5, 5.41) is 4.91. The Balaban J connectivity index is 1.34. The van der Waals surface area contributed by atoms with Gasteiger partial charge >= 0.3 is 0 Å². The number of rotatable bonds is 5. The number of nitrogens with one attached hydrogen (secondary N) is 2. The second-order valence-corrected chi connectivity index (χ2v) is 8.05. The summed E-state index contributed by atoms with van der Waals surface area (Å²) < 4.78 is 5.88. The zero-order valence-electron chi connectivity index (χ0n) is 16.4. The molecule has 0 saturated carbocycles. The maximum Gasteiger partial charge on any atom is 0.248 e. The third-order valence-corrected chi connectivity index (χ3v) is 6.28. The van der Waals surface area contributed by atoms with E-state index < -0.39 is 0 Å². The van der Waals surface area contributed by atoms with Crippen molar-refractivity contribution in [3.63, 3.8) is 0 Å². The van der Waals surface area contributed by atoms with Crippen LogP contribution in [-0.4, -0.2) is 48.6 Å². The van der Waals surface area contributed by atoms with E-state index in [4.69, 9.17) is 10.5 Å². The van der Waals surface area contributed by atoms with Crippen molar-refractivity contribution >= 4 is 16.8 Å². The Kier molecular flexibility index (Phi) is 4.53. The number of carbonyl (C=O) groups is 1. The minimum atomic E-state index is -0.379. The first kappa shape index (κ1) is 18.2. The molecule has 6 nitrogen and oxygen atoms in total. The Morgan fingerprint density at radius 2 is 2.07 bits per heavy atom. The van der Waals surface area contributed by atoms with E-state index in [-0.39, 0.29) is 11.4 Å². The molecule has 3 heterocycles. The second-order valence-electron chi connectivity index (χ2n) is 8.05. The van der Waals surface area contributed by atoms with Crippen molar-refractivity contribution in [1.29, 1.82) is 0 Å². The van der Waals surface area contributed by atoms with Crippen LogP contribution in [0.25, 0.3) is 10.9 Å². The lowest BCUT2D eigenvalue weighted by Gasteiger charge is -2.35. The van der Waals surface area contributed by atoms with Gasteiger partial charge in [0.15, 0.2) is 0 Å². The van der Waals surface area contributed by atoms with Crippen molar-refractivity contribution in [2.45, 2.75) is 18.4 Å². The topological polar surface area (TPSA) is 83.4 Å². The zero-order valence-corrected chi connectivity index (χ0v) is 16.4. The maximum absolute atomic E-state index is 11.6. The first-order valence-electron chi connectivity index (χ1n) is 10.2. The molecule has 3 aromatic rings. The van der Waals surface area contributed by atoms with Gasteiger partial charge in [-0.1, -0.05) is 18.2 Å². The highest BCUT2D eigenvalue weighted by Crippen LogP contribution is 2.39. The van der Waals surface area contributed by atoms with Crippen LogP contribution in [0.3, 0.4) is 0 Å². The van der Waals surface area contributed by atoms with E-state index in [1.54, 1.807) is 6.07 Å². The Morgan fingerprint density at radius 3 is 2.90 bits per heavy atom. The number of amides is 1. The Bertz CT molecular complexity index is 1050. The lowest BCUT2D eigenvalue weighted by atomic mass is 9.86. The number of hydrogen-bond acceptors (Lipinski definition) is 4. The average molecular weight is 390 g/mol. The SMILES string of the molecule is NC(=O)c1ccc2[nH]c3c(c2c1)CCNC31CCN(CCOc2ccccc2)C1. The third kappa shape index (κ3) is 3.28. The van der Waals surface area contributed by atoms with Gasteiger partial charge < -0.3 is 20.8 Å². The number of para-hydroxylation sites is 1. The van der Waals surface area contributed by atoms with Crippen molar-refractivity contribution in [3.05, 3.63) is 65.4 Å². The summed E-state index contributed by atoms with van der Waals surface area (Å²) in [4.78, 5) is 17.7. The van der Waals surface area contributed by atoms with Gasteiger partial charge in [0.1, 0.15) is 12.4 Å². The van der Waals surface area contributed by atoms with Crippen LogP contribution in [0.1, 0.15) is 28.0 Å². The average Bonchev–Trinajstić information content (AvgIpc) is 3.31. The number of primary amides is 1. The fraction of sp³-hybridized carbons (Fsp3) is 0.348. The molecular formula is C23H26N4O2. The molecule has 2 aliphatic rings. The van der Waals surface area contributed by atoms with Crippen molar-refractivity contribution in [2.75, 3.05) is 32.8 Å². The summed E-state index contributed by atoms with van der Waals surface area (Å²) in [7, 11) is 0. The standard InChI is InChI=1S/C23H26N4O2/c24-22(28)16-6-7-20-19(14-16)18-8-10-25-23(21(18)26-20)9-11-27(15-23)12-13-29-17-4-2-1-3-5-17/h1-7,14,25-26H,8-13,15H2,(H2,24,28). The fourth-order valence-corrected chi connectivity index (χ4v) is 4.82. The van der Waals surface area contributed by atoms with Gasteiger partial charge in [-0.05, 0) is 48.7 Å². The van der Waals surface area contributed by atoms with Crippen LogP contribution in [0, 0.1) is 0 Å². The molecule has 1 fully saturated rings. The van der Waals surface area contributed by atoms with Crippen LogP contribution in [0.5, 0.6) is 5.75 Å². The lowest BCUT2D eigenvalue weighted by molar-refractivity contribution is 0.100. The molecule has 2 aliphatic heterocycles. The summed E-state index contributed by atoms with van der Waals surface area (Å²) in [6.45, 7) is 4.51. The normalized spacial score (nSPS) is 21.5. The number of carbonyl (C=O) groups excluding carboxylic acids is 1. The smallest absolute Gasteiger partial charge is 0.248 e. The Morgan fingerprint density at radius 1 is 1.21 bits per heavy atom. The minimum absolute atomic E-state index is 0.0633. The number of hydrogen-bond donors (Lipinski definition) is 3. The highest BCUT2D eigenvalue weighted by molar-refractivity contribution is 5.98. The molecule has 150 valence electrons. The number of nitrogens with zero attached hydrogens (tertiary/aromatic N) is 1. The Labute approximate surface area is 170 Å². The van der Waals surface area contributed by atoms with E-state index in [2.05, 4.69) is 15.2 Å². The summed E-state index contributed by atoms with van der Waals surface area (Å²) >= 11 is 0. The molecule has 1 atom stereocenters. The van der Waals surface area contributed by atoms with E-state index in [1.807, 2.05) is 42.5 Å². The highest BCUT2D eigenvalue weighted by atomic mass is 16.5. The van der Waals surface area contributed by atoms with Crippen LogP contribution < -0.4 is 15.8 Å². The molecule has 0 aliphatic carbocycles. The van der Waals surface area contributed by atoms with E-state index in [9.17, 15) is 4.79 Å². The molecule has 0 radical (unpaired) electrons. The second kappa shape index (κ2) is 7.21. The highest BCUT2D eigenvalue weighted by Gasteiger charge is 2.43. The largest absolute Gasteiger partial charge is 0.492 e. The zero-order chi connectivity index (χ0) is 19.8. The third-order valence-electron chi connectivity index (χ3n) is 6.28. The lowest BCUT2D eigenvalue weighted by Crippen LogP contribution is -2.49. The van der Waals surface area contributed by atoms with Gasteiger partial charge in [0, 0.05) is 48.3 Å². The van der Waals surface area contributed by atoms with Gasteiger partial charge in [0.2, 0.25) is 5.91 Å². The number of aromatic amines is 1. The van der Waals surface area contributed by atoms with E-state index in [0.717, 1.165) is 55.7 Å². The van der Waals surface area contributed by atoms with Gasteiger partial charge in [0.05, 0.1) is 5.54 Å². The minimum Gasteiger partial charge on any atom is -0.492 e. The molecular weight excluding hydrogens is 364 g/mol. The summed E-state index contributed by atoms with van der Waals surface area (Å²) in [5.74, 6) is 0.538. The number of aromatic nitrogens is 1. The van der Waals surface area contributed by atoms with E-state index in [1.165, 1.54) is 11.3 Å². The van der Waals surface area contributed by atoms with E-state index in [0.29, 0.717) is 12.2 Å². The fourth-order valence-electron chi connectivity index (χ4n) is 4.82. The molecule has 1 unspecified atom stereocenters. The van der Waals surface area contributed by atoms with Crippen LogP contribution >= 0.6 is 0 Å².